The summed E-state index contributed by atoms with van der Waals surface area (Å²) >= 11 is 1.75. The van der Waals surface area contributed by atoms with Crippen LogP contribution in [-0.2, 0) is 9.47 Å². The molecule has 0 aromatic carbocycles. The third-order valence-electron chi connectivity index (χ3n) is 3.16. The molecule has 0 saturated carbocycles. The van der Waals surface area contributed by atoms with Crippen molar-refractivity contribution in [2.24, 2.45) is 0 Å². The van der Waals surface area contributed by atoms with E-state index in [4.69, 9.17) is 9.47 Å². The molecule has 18 heavy (non-hydrogen) atoms. The van der Waals surface area contributed by atoms with Crippen LogP contribution in [-0.4, -0.2) is 44.5 Å². The molecule has 0 spiro atoms. The van der Waals surface area contributed by atoms with Gasteiger partial charge in [0.25, 0.3) is 0 Å². The van der Waals surface area contributed by atoms with E-state index < -0.39 is 0 Å². The maximum Gasteiger partial charge on any atom is 0.0983 e. The van der Waals surface area contributed by atoms with Crippen molar-refractivity contribution in [3.05, 3.63) is 23.7 Å². The van der Waals surface area contributed by atoms with Gasteiger partial charge in [0.15, 0.2) is 0 Å². The summed E-state index contributed by atoms with van der Waals surface area (Å²) in [6.45, 7) is 3.21. The first-order valence-corrected chi connectivity index (χ1v) is 6.94. The molecule has 3 heterocycles. The zero-order valence-corrected chi connectivity index (χ0v) is 11.2. The standard InChI is InChI=1S/C13H16N2O2S/c1-16-9-10-8-15(5-6-17-10)12-2-4-14-11-3-7-18-13(11)12/h2-4,7,10H,5-6,8-9H2,1H3/t10-/m1/s1. The average Bonchev–Trinajstić information content (AvgIpc) is 2.87. The number of anilines is 1. The molecule has 0 amide bonds. The van der Waals surface area contributed by atoms with Gasteiger partial charge in [0.05, 0.1) is 35.2 Å². The van der Waals surface area contributed by atoms with Gasteiger partial charge in [-0.05, 0) is 17.5 Å². The molecular formula is C13H16N2O2S. The van der Waals surface area contributed by atoms with E-state index >= 15 is 0 Å². The topological polar surface area (TPSA) is 34.6 Å². The van der Waals surface area contributed by atoms with E-state index in [0.717, 1.165) is 25.2 Å². The summed E-state index contributed by atoms with van der Waals surface area (Å²) < 4.78 is 12.1. The Labute approximate surface area is 110 Å². The molecule has 0 N–H and O–H groups in total. The first-order valence-electron chi connectivity index (χ1n) is 6.06. The molecule has 5 heteroatoms. The van der Waals surface area contributed by atoms with Crippen LogP contribution in [0.1, 0.15) is 0 Å². The number of rotatable bonds is 3. The lowest BCUT2D eigenvalue weighted by Gasteiger charge is -2.34. The summed E-state index contributed by atoms with van der Waals surface area (Å²) in [6, 6.07) is 4.16. The summed E-state index contributed by atoms with van der Waals surface area (Å²) in [5.41, 5.74) is 2.34. The Balaban J connectivity index is 1.87. The highest BCUT2D eigenvalue weighted by atomic mass is 32.1. The first kappa shape index (κ1) is 11.9. The summed E-state index contributed by atoms with van der Waals surface area (Å²) in [5.74, 6) is 0. The van der Waals surface area contributed by atoms with E-state index in [-0.39, 0.29) is 6.10 Å². The number of thiophene rings is 1. The fourth-order valence-corrected chi connectivity index (χ4v) is 3.23. The van der Waals surface area contributed by atoms with Crippen LogP contribution in [0.2, 0.25) is 0 Å². The molecule has 1 saturated heterocycles. The summed E-state index contributed by atoms with van der Waals surface area (Å²) in [6.07, 6.45) is 2.04. The maximum atomic E-state index is 5.68. The lowest BCUT2D eigenvalue weighted by atomic mass is 10.2. The molecule has 0 bridgehead atoms. The van der Waals surface area contributed by atoms with Gasteiger partial charge in [-0.15, -0.1) is 11.3 Å². The second-order valence-corrected chi connectivity index (χ2v) is 5.28. The van der Waals surface area contributed by atoms with E-state index in [1.54, 1.807) is 18.4 Å². The average molecular weight is 264 g/mol. The maximum absolute atomic E-state index is 5.68. The monoisotopic (exact) mass is 264 g/mol. The molecule has 3 rings (SSSR count). The van der Waals surface area contributed by atoms with Gasteiger partial charge in [0.1, 0.15) is 0 Å². The summed E-state index contributed by atoms with van der Waals surface area (Å²) in [4.78, 5) is 6.75. The van der Waals surface area contributed by atoms with Crippen LogP contribution in [0, 0.1) is 0 Å². The third-order valence-corrected chi connectivity index (χ3v) is 4.08. The third kappa shape index (κ3) is 2.21. The smallest absolute Gasteiger partial charge is 0.0983 e. The number of pyridine rings is 1. The van der Waals surface area contributed by atoms with E-state index in [9.17, 15) is 0 Å². The molecule has 1 aliphatic rings. The highest BCUT2D eigenvalue weighted by Gasteiger charge is 2.22. The van der Waals surface area contributed by atoms with Gasteiger partial charge in [-0.2, -0.15) is 0 Å². The van der Waals surface area contributed by atoms with Crippen molar-refractivity contribution in [3.8, 4) is 0 Å². The number of morpholine rings is 1. The van der Waals surface area contributed by atoms with Crippen molar-refractivity contribution in [2.75, 3.05) is 38.3 Å². The summed E-state index contributed by atoms with van der Waals surface area (Å²) in [5, 5.41) is 2.09. The van der Waals surface area contributed by atoms with Crippen molar-refractivity contribution >= 4 is 27.2 Å². The minimum atomic E-state index is 0.159. The van der Waals surface area contributed by atoms with Crippen LogP contribution in [0.15, 0.2) is 23.7 Å². The summed E-state index contributed by atoms with van der Waals surface area (Å²) in [7, 11) is 1.71. The van der Waals surface area contributed by atoms with Crippen molar-refractivity contribution in [1.82, 2.24) is 4.98 Å². The van der Waals surface area contributed by atoms with Crippen LogP contribution in [0.25, 0.3) is 10.2 Å². The molecule has 1 aliphatic heterocycles. The fourth-order valence-electron chi connectivity index (χ4n) is 2.33. The number of methoxy groups -OCH3 is 1. The zero-order valence-electron chi connectivity index (χ0n) is 10.3. The van der Waals surface area contributed by atoms with Crippen LogP contribution in [0.3, 0.4) is 0 Å². The van der Waals surface area contributed by atoms with Gasteiger partial charge in [-0.1, -0.05) is 0 Å². The first-order chi connectivity index (χ1) is 8.88. The number of fused-ring (bicyclic) bond motifs is 1. The van der Waals surface area contributed by atoms with E-state index in [2.05, 4.69) is 27.4 Å². The Bertz CT molecular complexity index is 526. The minimum Gasteiger partial charge on any atom is -0.382 e. The Hall–Kier alpha value is -1.17. The van der Waals surface area contributed by atoms with Gasteiger partial charge >= 0.3 is 0 Å². The number of ether oxygens (including phenoxy) is 2. The quantitative estimate of drug-likeness (QED) is 0.851. The van der Waals surface area contributed by atoms with Crippen LogP contribution >= 0.6 is 11.3 Å². The molecule has 0 unspecified atom stereocenters. The second-order valence-electron chi connectivity index (χ2n) is 4.36. The molecular weight excluding hydrogens is 248 g/mol. The highest BCUT2D eigenvalue weighted by molar-refractivity contribution is 7.17. The van der Waals surface area contributed by atoms with E-state index in [1.165, 1.54) is 10.4 Å². The van der Waals surface area contributed by atoms with Crippen molar-refractivity contribution in [2.45, 2.75) is 6.10 Å². The number of hydrogen-bond donors (Lipinski definition) is 0. The van der Waals surface area contributed by atoms with Gasteiger partial charge in [0.2, 0.25) is 0 Å². The predicted octanol–water partition coefficient (Wildman–Crippen LogP) is 2.15. The fraction of sp³-hybridized carbons (Fsp3) is 0.462. The second kappa shape index (κ2) is 5.22. The SMILES string of the molecule is COC[C@H]1CN(c2ccnc3ccsc23)CCO1. The van der Waals surface area contributed by atoms with Gasteiger partial charge in [0, 0.05) is 26.4 Å². The zero-order chi connectivity index (χ0) is 12.4. The van der Waals surface area contributed by atoms with Gasteiger partial charge in [-0.3, -0.25) is 4.98 Å². The minimum absolute atomic E-state index is 0.159. The van der Waals surface area contributed by atoms with Crippen molar-refractivity contribution in [3.63, 3.8) is 0 Å². The number of aromatic nitrogens is 1. The lowest BCUT2D eigenvalue weighted by molar-refractivity contribution is -0.00995. The van der Waals surface area contributed by atoms with Gasteiger partial charge in [-0.25, -0.2) is 0 Å². The van der Waals surface area contributed by atoms with Crippen LogP contribution in [0.4, 0.5) is 5.69 Å². The van der Waals surface area contributed by atoms with Crippen LogP contribution in [0.5, 0.6) is 0 Å². The molecule has 96 valence electrons. The van der Waals surface area contributed by atoms with Crippen molar-refractivity contribution in [1.29, 1.82) is 0 Å². The molecule has 2 aromatic rings. The molecule has 0 aliphatic carbocycles. The predicted molar refractivity (Wildman–Crippen MR) is 73.4 cm³/mol. The Morgan fingerprint density at radius 1 is 1.56 bits per heavy atom. The Morgan fingerprint density at radius 2 is 2.50 bits per heavy atom. The molecule has 2 aromatic heterocycles. The largest absolute Gasteiger partial charge is 0.382 e. The van der Waals surface area contributed by atoms with E-state index in [1.807, 2.05) is 6.20 Å². The normalized spacial score (nSPS) is 20.5. The molecule has 0 radical (unpaired) electrons. The van der Waals surface area contributed by atoms with E-state index in [0.29, 0.717) is 6.61 Å². The lowest BCUT2D eigenvalue weighted by Crippen LogP contribution is -2.44. The Kier molecular flexibility index (Phi) is 3.45. The molecule has 1 fully saturated rings. The Morgan fingerprint density at radius 3 is 3.39 bits per heavy atom. The number of nitrogens with zero attached hydrogens (tertiary/aromatic N) is 2. The molecule has 4 nitrogen and oxygen atoms in total. The number of hydrogen-bond acceptors (Lipinski definition) is 5. The van der Waals surface area contributed by atoms with Crippen molar-refractivity contribution < 1.29 is 9.47 Å². The molecule has 1 atom stereocenters. The van der Waals surface area contributed by atoms with Crippen LogP contribution < -0.4 is 4.90 Å². The highest BCUT2D eigenvalue weighted by Crippen LogP contribution is 2.30. The van der Waals surface area contributed by atoms with Gasteiger partial charge < -0.3 is 14.4 Å².